The molecule has 2 aromatic rings. The third-order valence-corrected chi connectivity index (χ3v) is 9.31. The van der Waals surface area contributed by atoms with Crippen molar-refractivity contribution in [1.82, 2.24) is 9.88 Å². The van der Waals surface area contributed by atoms with E-state index in [1.807, 2.05) is 6.20 Å². The van der Waals surface area contributed by atoms with Gasteiger partial charge in [0.1, 0.15) is 5.75 Å². The highest BCUT2D eigenvalue weighted by molar-refractivity contribution is 5.76. The molecule has 1 amide bonds. The molecule has 3 fully saturated rings. The van der Waals surface area contributed by atoms with Gasteiger partial charge in [0.05, 0.1) is 29.5 Å². The number of likely N-dealkylation sites (tertiary alicyclic amines) is 1. The standard InChI is InChI=1S/C33H41F3N4O2/c34-33(35,36)31-19-28(8-7-26(31)20-37)39-27-9-11-29(12-10-27)42-30-17-25(21-38-22-30)6-5-23-13-15-40(16-14-23)32(41)18-24-3-1-2-4-24/h7-8,17,19,21-24,27,29,39H,1-6,9-16,18H2. The first kappa shape index (κ1) is 30.2. The van der Waals surface area contributed by atoms with E-state index >= 15 is 0 Å². The summed E-state index contributed by atoms with van der Waals surface area (Å²) in [6.45, 7) is 1.76. The first-order chi connectivity index (χ1) is 20.3. The highest BCUT2D eigenvalue weighted by Crippen LogP contribution is 2.35. The van der Waals surface area contributed by atoms with Crippen molar-refractivity contribution in [2.75, 3.05) is 18.4 Å². The van der Waals surface area contributed by atoms with Gasteiger partial charge in [0.15, 0.2) is 0 Å². The molecule has 9 heteroatoms. The van der Waals surface area contributed by atoms with Gasteiger partial charge in [-0.15, -0.1) is 0 Å². The normalized spacial score (nSPS) is 22.1. The Kier molecular flexibility index (Phi) is 9.91. The highest BCUT2D eigenvalue weighted by Gasteiger charge is 2.34. The number of carbonyl (C=O) groups is 1. The Bertz CT molecular complexity index is 1240. The van der Waals surface area contributed by atoms with E-state index < -0.39 is 11.7 Å². The number of nitrogens with one attached hydrogen (secondary N) is 1. The van der Waals surface area contributed by atoms with Crippen molar-refractivity contribution < 1.29 is 22.7 Å². The smallest absolute Gasteiger partial charge is 0.417 e. The third kappa shape index (κ3) is 8.17. The molecule has 1 saturated heterocycles. The number of carbonyl (C=O) groups excluding carboxylic acids is 1. The number of nitriles is 1. The molecule has 1 N–H and O–H groups in total. The van der Waals surface area contributed by atoms with Crippen LogP contribution in [0.2, 0.25) is 0 Å². The SMILES string of the molecule is N#Cc1ccc(NC2CCC(Oc3cncc(CCC4CCN(C(=O)CC5CCCC5)CC4)c3)CC2)cc1C(F)(F)F. The molecule has 1 aromatic carbocycles. The molecule has 1 aromatic heterocycles. The Morgan fingerprint density at radius 2 is 1.74 bits per heavy atom. The lowest BCUT2D eigenvalue weighted by Crippen LogP contribution is -2.39. The van der Waals surface area contributed by atoms with Crippen LogP contribution in [0.25, 0.3) is 0 Å². The van der Waals surface area contributed by atoms with E-state index in [0.29, 0.717) is 23.4 Å². The van der Waals surface area contributed by atoms with Crippen molar-refractivity contribution in [3.05, 3.63) is 53.3 Å². The monoisotopic (exact) mass is 582 g/mol. The average Bonchev–Trinajstić information content (AvgIpc) is 3.50. The second kappa shape index (κ2) is 13.8. The molecule has 5 rings (SSSR count). The fourth-order valence-electron chi connectivity index (χ4n) is 6.82. The summed E-state index contributed by atoms with van der Waals surface area (Å²) >= 11 is 0. The molecule has 2 aliphatic carbocycles. The van der Waals surface area contributed by atoms with Crippen molar-refractivity contribution in [3.63, 3.8) is 0 Å². The number of aromatic nitrogens is 1. The number of pyridine rings is 1. The summed E-state index contributed by atoms with van der Waals surface area (Å²) in [6, 6.07) is 7.53. The van der Waals surface area contributed by atoms with Gasteiger partial charge in [-0.25, -0.2) is 0 Å². The number of alkyl halides is 3. The number of piperidine rings is 1. The van der Waals surface area contributed by atoms with Gasteiger partial charge in [-0.05, 0) is 106 Å². The maximum absolute atomic E-state index is 13.3. The minimum atomic E-state index is -4.57. The minimum Gasteiger partial charge on any atom is -0.489 e. The zero-order chi connectivity index (χ0) is 29.5. The van der Waals surface area contributed by atoms with Gasteiger partial charge >= 0.3 is 6.18 Å². The number of hydrogen-bond donors (Lipinski definition) is 1. The van der Waals surface area contributed by atoms with Crippen LogP contribution < -0.4 is 10.1 Å². The van der Waals surface area contributed by atoms with Crippen molar-refractivity contribution in [3.8, 4) is 11.8 Å². The van der Waals surface area contributed by atoms with E-state index in [2.05, 4.69) is 21.3 Å². The summed E-state index contributed by atoms with van der Waals surface area (Å²) in [6.07, 6.45) is 12.1. The molecule has 226 valence electrons. The van der Waals surface area contributed by atoms with Crippen molar-refractivity contribution in [1.29, 1.82) is 5.26 Å². The fourth-order valence-corrected chi connectivity index (χ4v) is 6.82. The van der Waals surface area contributed by atoms with Crippen LogP contribution in [-0.2, 0) is 17.4 Å². The van der Waals surface area contributed by atoms with E-state index in [9.17, 15) is 18.0 Å². The summed E-state index contributed by atoms with van der Waals surface area (Å²) in [5, 5.41) is 12.2. The number of hydrogen-bond acceptors (Lipinski definition) is 5. The molecular weight excluding hydrogens is 541 g/mol. The molecule has 2 saturated carbocycles. The minimum absolute atomic E-state index is 0.0397. The molecule has 2 heterocycles. The number of ether oxygens (including phenoxy) is 1. The van der Waals surface area contributed by atoms with Crippen molar-refractivity contribution in [2.24, 2.45) is 11.8 Å². The topological polar surface area (TPSA) is 78.2 Å². The molecule has 42 heavy (non-hydrogen) atoms. The van der Waals surface area contributed by atoms with Gasteiger partial charge < -0.3 is 15.0 Å². The number of anilines is 1. The number of aryl methyl sites for hydroxylation is 1. The van der Waals surface area contributed by atoms with E-state index in [4.69, 9.17) is 10.00 Å². The molecule has 1 aliphatic heterocycles. The molecule has 0 atom stereocenters. The van der Waals surface area contributed by atoms with Crippen LogP contribution in [0.3, 0.4) is 0 Å². The van der Waals surface area contributed by atoms with Crippen LogP contribution in [0.1, 0.15) is 93.7 Å². The molecule has 0 radical (unpaired) electrons. The number of rotatable bonds is 9. The van der Waals surface area contributed by atoms with Gasteiger partial charge in [-0.1, -0.05) is 12.8 Å². The summed E-state index contributed by atoms with van der Waals surface area (Å²) in [7, 11) is 0. The molecular formula is C33H41F3N4O2. The highest BCUT2D eigenvalue weighted by atomic mass is 19.4. The van der Waals surface area contributed by atoms with Crippen LogP contribution in [0.5, 0.6) is 5.75 Å². The van der Waals surface area contributed by atoms with Gasteiger partial charge in [-0.2, -0.15) is 18.4 Å². The van der Waals surface area contributed by atoms with E-state index in [1.165, 1.54) is 37.8 Å². The summed E-state index contributed by atoms with van der Waals surface area (Å²) in [4.78, 5) is 19.1. The fraction of sp³-hybridized carbons (Fsp3) is 0.606. The Hall–Kier alpha value is -3.28. The number of nitrogens with zero attached hydrogens (tertiary/aromatic N) is 3. The van der Waals surface area contributed by atoms with Crippen LogP contribution in [0.4, 0.5) is 18.9 Å². The van der Waals surface area contributed by atoms with Crippen LogP contribution in [-0.4, -0.2) is 41.0 Å². The first-order valence-electron chi connectivity index (χ1n) is 15.5. The second-order valence-electron chi connectivity index (χ2n) is 12.4. The van der Waals surface area contributed by atoms with Gasteiger partial charge in [0.25, 0.3) is 0 Å². The molecule has 3 aliphatic rings. The first-order valence-corrected chi connectivity index (χ1v) is 15.5. The summed E-state index contributed by atoms with van der Waals surface area (Å²) in [5.74, 6) is 2.34. The lowest BCUT2D eigenvalue weighted by molar-refractivity contribution is -0.137. The van der Waals surface area contributed by atoms with E-state index in [-0.39, 0.29) is 17.7 Å². The maximum atomic E-state index is 13.3. The third-order valence-electron chi connectivity index (χ3n) is 9.31. The Morgan fingerprint density at radius 1 is 1.00 bits per heavy atom. The summed E-state index contributed by atoms with van der Waals surface area (Å²) < 4.78 is 46.2. The molecule has 6 nitrogen and oxygen atoms in total. The quantitative estimate of drug-likeness (QED) is 0.331. The van der Waals surface area contributed by atoms with Crippen LogP contribution in [0, 0.1) is 23.2 Å². The second-order valence-corrected chi connectivity index (χ2v) is 12.4. The van der Waals surface area contributed by atoms with Gasteiger partial charge in [0.2, 0.25) is 5.91 Å². The predicted octanol–water partition coefficient (Wildman–Crippen LogP) is 7.53. The lowest BCUT2D eigenvalue weighted by Gasteiger charge is -2.32. The van der Waals surface area contributed by atoms with Crippen LogP contribution in [0.15, 0.2) is 36.7 Å². The number of halogens is 3. The molecule has 0 unspecified atom stereocenters. The zero-order valence-corrected chi connectivity index (χ0v) is 24.2. The summed E-state index contributed by atoms with van der Waals surface area (Å²) in [5.41, 5.74) is 0.259. The van der Waals surface area contributed by atoms with Crippen LogP contribution >= 0.6 is 0 Å². The largest absolute Gasteiger partial charge is 0.489 e. The lowest BCUT2D eigenvalue weighted by atomic mass is 9.90. The Labute approximate surface area is 246 Å². The van der Waals surface area contributed by atoms with Gasteiger partial charge in [0, 0.05) is 37.4 Å². The number of benzene rings is 1. The van der Waals surface area contributed by atoms with Gasteiger partial charge in [-0.3, -0.25) is 9.78 Å². The Morgan fingerprint density at radius 3 is 2.43 bits per heavy atom. The van der Waals surface area contributed by atoms with E-state index in [1.54, 1.807) is 12.3 Å². The van der Waals surface area contributed by atoms with Crippen molar-refractivity contribution >= 4 is 11.6 Å². The number of amides is 1. The molecule has 0 spiro atoms. The zero-order valence-electron chi connectivity index (χ0n) is 24.2. The predicted molar refractivity (Wildman–Crippen MR) is 155 cm³/mol. The molecule has 0 bridgehead atoms. The maximum Gasteiger partial charge on any atom is 0.417 e. The average molecular weight is 583 g/mol. The Balaban J connectivity index is 1.03. The van der Waals surface area contributed by atoms with Crippen molar-refractivity contribution in [2.45, 2.75) is 102 Å². The van der Waals surface area contributed by atoms with E-state index in [0.717, 1.165) is 88.3 Å².